The molecule has 1 aliphatic carbocycles. The first kappa shape index (κ1) is 14.3. The predicted molar refractivity (Wildman–Crippen MR) is 78.6 cm³/mol. The van der Waals surface area contributed by atoms with E-state index in [1.807, 2.05) is 0 Å². The summed E-state index contributed by atoms with van der Waals surface area (Å²) in [6, 6.07) is 0. The highest BCUT2D eigenvalue weighted by molar-refractivity contribution is 4.94. The number of nitrogens with two attached hydrogens (primary N) is 1. The van der Waals surface area contributed by atoms with Crippen molar-refractivity contribution >= 4 is 0 Å². The third kappa shape index (κ3) is 3.08. The number of fused-ring (bicyclic) bond motifs is 1. The first-order chi connectivity index (χ1) is 8.29. The fourth-order valence-electron chi connectivity index (χ4n) is 3.58. The number of nitrogens with zero attached hydrogens (tertiary/aromatic N) is 1. The van der Waals surface area contributed by atoms with Gasteiger partial charge < -0.3 is 10.6 Å². The van der Waals surface area contributed by atoms with E-state index in [1.54, 1.807) is 0 Å². The molecule has 0 amide bonds. The molecule has 0 aromatic rings. The normalized spacial score (nSPS) is 31.2. The van der Waals surface area contributed by atoms with Crippen LogP contribution in [0, 0.1) is 17.3 Å². The van der Waals surface area contributed by atoms with E-state index < -0.39 is 0 Å². The third-order valence-corrected chi connectivity index (χ3v) is 5.74. The number of hydrogen-bond donors (Lipinski definition) is 1. The van der Waals surface area contributed by atoms with Crippen molar-refractivity contribution in [3.05, 3.63) is 0 Å². The zero-order chi connectivity index (χ0) is 13.4. The molecule has 2 rings (SSSR count). The van der Waals surface area contributed by atoms with Crippen molar-refractivity contribution in [3.63, 3.8) is 0 Å². The Bertz CT molecular complexity index is 277. The summed E-state index contributed by atoms with van der Waals surface area (Å²) >= 11 is 0. The SMILES string of the molecule is CC(C)(N)C(C)(C)CN1CCC2CCCCC2C1. The Labute approximate surface area is 113 Å². The molecule has 18 heavy (non-hydrogen) atoms. The van der Waals surface area contributed by atoms with Crippen LogP contribution in [0.25, 0.3) is 0 Å². The second-order valence-electron chi connectivity index (χ2n) is 7.93. The Kier molecular flexibility index (Phi) is 4.08. The number of hydrogen-bond acceptors (Lipinski definition) is 2. The fourth-order valence-corrected chi connectivity index (χ4v) is 3.58. The van der Waals surface area contributed by atoms with Crippen molar-refractivity contribution in [2.75, 3.05) is 19.6 Å². The minimum Gasteiger partial charge on any atom is -0.325 e. The average Bonchev–Trinajstić information content (AvgIpc) is 2.27. The summed E-state index contributed by atoms with van der Waals surface area (Å²) in [6.07, 6.45) is 7.31. The molecule has 1 saturated heterocycles. The molecule has 2 N–H and O–H groups in total. The van der Waals surface area contributed by atoms with Gasteiger partial charge in [0.05, 0.1) is 0 Å². The molecule has 0 bridgehead atoms. The van der Waals surface area contributed by atoms with Gasteiger partial charge in [-0.1, -0.05) is 33.1 Å². The maximum Gasteiger partial charge on any atom is 0.0161 e. The van der Waals surface area contributed by atoms with Crippen molar-refractivity contribution in [1.29, 1.82) is 0 Å². The minimum atomic E-state index is -0.101. The highest BCUT2D eigenvalue weighted by Gasteiger charge is 2.38. The molecule has 0 aromatic carbocycles. The van der Waals surface area contributed by atoms with E-state index in [-0.39, 0.29) is 11.0 Å². The maximum absolute atomic E-state index is 6.34. The monoisotopic (exact) mass is 252 g/mol. The molecule has 1 saturated carbocycles. The number of rotatable bonds is 3. The fraction of sp³-hybridized carbons (Fsp3) is 1.00. The summed E-state index contributed by atoms with van der Waals surface area (Å²) in [6.45, 7) is 12.7. The quantitative estimate of drug-likeness (QED) is 0.835. The van der Waals surface area contributed by atoms with Crippen molar-refractivity contribution in [3.8, 4) is 0 Å². The molecule has 1 heterocycles. The molecule has 2 atom stereocenters. The summed E-state index contributed by atoms with van der Waals surface area (Å²) in [5, 5.41) is 0. The summed E-state index contributed by atoms with van der Waals surface area (Å²) in [4.78, 5) is 2.68. The van der Waals surface area contributed by atoms with E-state index in [0.717, 1.165) is 18.4 Å². The smallest absolute Gasteiger partial charge is 0.0161 e. The molecular formula is C16H32N2. The Morgan fingerprint density at radius 1 is 1.00 bits per heavy atom. The summed E-state index contributed by atoms with van der Waals surface area (Å²) in [7, 11) is 0. The van der Waals surface area contributed by atoms with Crippen LogP contribution in [0.4, 0.5) is 0 Å². The predicted octanol–water partition coefficient (Wildman–Crippen LogP) is 3.26. The lowest BCUT2D eigenvalue weighted by molar-refractivity contribution is 0.0407. The molecule has 0 spiro atoms. The summed E-state index contributed by atoms with van der Waals surface area (Å²) in [5.41, 5.74) is 6.42. The molecule has 106 valence electrons. The number of likely N-dealkylation sites (tertiary alicyclic amines) is 1. The van der Waals surface area contributed by atoms with E-state index in [0.29, 0.717) is 0 Å². The Morgan fingerprint density at radius 3 is 2.22 bits per heavy atom. The lowest BCUT2D eigenvalue weighted by Crippen LogP contribution is -2.55. The molecular weight excluding hydrogens is 220 g/mol. The molecule has 1 aliphatic heterocycles. The van der Waals surface area contributed by atoms with Crippen LogP contribution in [0.1, 0.15) is 59.8 Å². The van der Waals surface area contributed by atoms with Crippen molar-refractivity contribution in [1.82, 2.24) is 4.90 Å². The maximum atomic E-state index is 6.34. The van der Waals surface area contributed by atoms with E-state index in [4.69, 9.17) is 5.73 Å². The van der Waals surface area contributed by atoms with Crippen LogP contribution in [0.5, 0.6) is 0 Å². The number of piperidine rings is 1. The van der Waals surface area contributed by atoms with Gasteiger partial charge in [0.15, 0.2) is 0 Å². The average molecular weight is 252 g/mol. The van der Waals surface area contributed by atoms with Gasteiger partial charge in [0.25, 0.3) is 0 Å². The van der Waals surface area contributed by atoms with Crippen LogP contribution in [-0.2, 0) is 0 Å². The van der Waals surface area contributed by atoms with E-state index in [1.165, 1.54) is 45.2 Å². The van der Waals surface area contributed by atoms with Gasteiger partial charge in [-0.2, -0.15) is 0 Å². The molecule has 2 fully saturated rings. The minimum absolute atomic E-state index is 0.101. The van der Waals surface area contributed by atoms with Gasteiger partial charge in [0.2, 0.25) is 0 Å². The van der Waals surface area contributed by atoms with Gasteiger partial charge in [0, 0.05) is 18.6 Å². The van der Waals surface area contributed by atoms with Gasteiger partial charge in [-0.3, -0.25) is 0 Å². The Morgan fingerprint density at radius 2 is 1.61 bits per heavy atom. The van der Waals surface area contributed by atoms with Crippen LogP contribution in [0.2, 0.25) is 0 Å². The molecule has 2 unspecified atom stereocenters. The standard InChI is InChI=1S/C16H32N2/c1-15(2,16(3,4)17)12-18-10-9-13-7-5-6-8-14(13)11-18/h13-14H,5-12,17H2,1-4H3. The van der Waals surface area contributed by atoms with Crippen molar-refractivity contribution in [2.45, 2.75) is 65.3 Å². The lowest BCUT2D eigenvalue weighted by Gasteiger charge is -2.47. The van der Waals surface area contributed by atoms with Crippen molar-refractivity contribution < 1.29 is 0 Å². The lowest BCUT2D eigenvalue weighted by atomic mass is 9.72. The van der Waals surface area contributed by atoms with Gasteiger partial charge in [-0.15, -0.1) is 0 Å². The largest absolute Gasteiger partial charge is 0.325 e. The van der Waals surface area contributed by atoms with Gasteiger partial charge in [0.1, 0.15) is 0 Å². The Hall–Kier alpha value is -0.0800. The molecule has 0 radical (unpaired) electrons. The van der Waals surface area contributed by atoms with E-state index >= 15 is 0 Å². The van der Waals surface area contributed by atoms with E-state index in [9.17, 15) is 0 Å². The van der Waals surface area contributed by atoms with Crippen LogP contribution in [0.3, 0.4) is 0 Å². The third-order valence-electron chi connectivity index (χ3n) is 5.74. The second kappa shape index (κ2) is 5.13. The van der Waals surface area contributed by atoms with Crippen LogP contribution in [0.15, 0.2) is 0 Å². The molecule has 0 aromatic heterocycles. The highest BCUT2D eigenvalue weighted by Crippen LogP contribution is 2.38. The van der Waals surface area contributed by atoms with Gasteiger partial charge in [-0.25, -0.2) is 0 Å². The van der Waals surface area contributed by atoms with Crippen LogP contribution < -0.4 is 5.73 Å². The van der Waals surface area contributed by atoms with Crippen LogP contribution in [-0.4, -0.2) is 30.1 Å². The van der Waals surface area contributed by atoms with E-state index in [2.05, 4.69) is 32.6 Å². The summed E-state index contributed by atoms with van der Waals surface area (Å²) in [5.74, 6) is 2.01. The zero-order valence-electron chi connectivity index (χ0n) is 12.8. The van der Waals surface area contributed by atoms with Gasteiger partial charge in [-0.05, 0) is 50.5 Å². The van der Waals surface area contributed by atoms with Gasteiger partial charge >= 0.3 is 0 Å². The topological polar surface area (TPSA) is 29.3 Å². The van der Waals surface area contributed by atoms with Crippen LogP contribution >= 0.6 is 0 Å². The molecule has 2 aliphatic rings. The second-order valence-corrected chi connectivity index (χ2v) is 7.93. The van der Waals surface area contributed by atoms with Crippen molar-refractivity contribution in [2.24, 2.45) is 23.0 Å². The highest BCUT2D eigenvalue weighted by atomic mass is 15.1. The first-order valence-electron chi connectivity index (χ1n) is 7.81. The zero-order valence-corrected chi connectivity index (χ0v) is 12.8. The molecule has 2 nitrogen and oxygen atoms in total. The molecule has 2 heteroatoms. The Balaban J connectivity index is 1.91. The summed E-state index contributed by atoms with van der Waals surface area (Å²) < 4.78 is 0. The first-order valence-corrected chi connectivity index (χ1v) is 7.81.